The molecule has 0 aliphatic carbocycles. The third-order valence-corrected chi connectivity index (χ3v) is 5.88. The Kier molecular flexibility index (Phi) is 8.74. The van der Waals surface area contributed by atoms with Gasteiger partial charge in [-0.25, -0.2) is 0 Å². The molecule has 0 spiro atoms. The Hall–Kier alpha value is -2.28. The summed E-state index contributed by atoms with van der Waals surface area (Å²) in [5.74, 6) is -0.0173. The Bertz CT molecular complexity index is 920. The van der Waals surface area contributed by atoms with Gasteiger partial charge in [0.05, 0.1) is 17.4 Å². The molecule has 0 aromatic heterocycles. The van der Waals surface area contributed by atoms with Gasteiger partial charge in [-0.1, -0.05) is 31.2 Å². The molecular formula is C23H30Cl2N4O2. The molecule has 0 radical (unpaired) electrons. The van der Waals surface area contributed by atoms with E-state index in [1.54, 1.807) is 0 Å². The summed E-state index contributed by atoms with van der Waals surface area (Å²) in [7, 11) is 1.97. The third kappa shape index (κ3) is 5.32. The lowest BCUT2D eigenvalue weighted by Crippen LogP contribution is -2.48. The van der Waals surface area contributed by atoms with E-state index in [0.717, 1.165) is 30.8 Å². The number of nitrogens with zero attached hydrogens (tertiary/aromatic N) is 2. The first kappa shape index (κ1) is 25.0. The summed E-state index contributed by atoms with van der Waals surface area (Å²) in [6, 6.07) is 14.2. The standard InChI is InChI=1S/C23H28N4O2.2ClH/c1-3-16-4-6-17(7-5-16)21-15-24-11-13-27(21)23(29)18-8-9-20-19(14-18)25-22(28)10-12-26(20)2;;/h4-9,14,21,24H,3,10-13,15H2,1-2H3,(H,25,28);2*1H. The molecular weight excluding hydrogens is 435 g/mol. The van der Waals surface area contributed by atoms with Gasteiger partial charge < -0.3 is 20.4 Å². The average molecular weight is 465 g/mol. The number of piperazine rings is 1. The van der Waals surface area contributed by atoms with Crippen molar-refractivity contribution in [3.05, 3.63) is 59.2 Å². The van der Waals surface area contributed by atoms with Crippen molar-refractivity contribution in [2.24, 2.45) is 0 Å². The van der Waals surface area contributed by atoms with E-state index in [4.69, 9.17) is 0 Å². The van der Waals surface area contributed by atoms with Gasteiger partial charge in [0.15, 0.2) is 0 Å². The maximum Gasteiger partial charge on any atom is 0.254 e. The molecule has 1 unspecified atom stereocenters. The van der Waals surface area contributed by atoms with Crippen LogP contribution >= 0.6 is 24.8 Å². The summed E-state index contributed by atoms with van der Waals surface area (Å²) in [6.45, 7) is 4.98. The van der Waals surface area contributed by atoms with Gasteiger partial charge in [0.2, 0.25) is 5.91 Å². The SMILES string of the molecule is CCc1ccc(C2CNCCN2C(=O)c2ccc3c(c2)NC(=O)CCN3C)cc1.Cl.Cl. The first-order chi connectivity index (χ1) is 14.1. The van der Waals surface area contributed by atoms with Crippen LogP contribution in [0.2, 0.25) is 0 Å². The number of rotatable bonds is 3. The minimum Gasteiger partial charge on any atom is -0.372 e. The van der Waals surface area contributed by atoms with Crippen molar-refractivity contribution < 1.29 is 9.59 Å². The fourth-order valence-corrected chi connectivity index (χ4v) is 4.09. The number of fused-ring (bicyclic) bond motifs is 1. The molecule has 1 fully saturated rings. The van der Waals surface area contributed by atoms with Crippen LogP contribution in [0.4, 0.5) is 11.4 Å². The minimum absolute atomic E-state index is 0. The summed E-state index contributed by atoms with van der Waals surface area (Å²) in [5.41, 5.74) is 4.70. The molecule has 0 bridgehead atoms. The van der Waals surface area contributed by atoms with Crippen LogP contribution < -0.4 is 15.5 Å². The van der Waals surface area contributed by atoms with Crippen molar-refractivity contribution in [3.63, 3.8) is 0 Å². The van der Waals surface area contributed by atoms with Crippen LogP contribution in [0, 0.1) is 0 Å². The fourth-order valence-electron chi connectivity index (χ4n) is 4.09. The lowest BCUT2D eigenvalue weighted by atomic mass is 9.99. The van der Waals surface area contributed by atoms with Gasteiger partial charge in [0.25, 0.3) is 5.91 Å². The maximum atomic E-state index is 13.4. The van der Waals surface area contributed by atoms with Crippen LogP contribution in [-0.4, -0.2) is 49.9 Å². The van der Waals surface area contributed by atoms with E-state index < -0.39 is 0 Å². The van der Waals surface area contributed by atoms with Crippen molar-refractivity contribution in [3.8, 4) is 0 Å². The highest BCUT2D eigenvalue weighted by Crippen LogP contribution is 2.31. The lowest BCUT2D eigenvalue weighted by Gasteiger charge is -2.37. The van der Waals surface area contributed by atoms with Crippen molar-refractivity contribution >= 4 is 48.0 Å². The Labute approximate surface area is 196 Å². The van der Waals surface area contributed by atoms with Crippen molar-refractivity contribution in [2.45, 2.75) is 25.8 Å². The Morgan fingerprint density at radius 3 is 2.55 bits per heavy atom. The predicted molar refractivity (Wildman–Crippen MR) is 130 cm³/mol. The molecule has 1 saturated heterocycles. The lowest BCUT2D eigenvalue weighted by molar-refractivity contribution is -0.115. The van der Waals surface area contributed by atoms with Crippen LogP contribution in [0.5, 0.6) is 0 Å². The smallest absolute Gasteiger partial charge is 0.254 e. The van der Waals surface area contributed by atoms with Gasteiger partial charge in [-0.3, -0.25) is 9.59 Å². The first-order valence-electron chi connectivity index (χ1n) is 10.3. The molecule has 4 rings (SSSR count). The number of carbonyl (C=O) groups is 2. The Morgan fingerprint density at radius 2 is 1.84 bits per heavy atom. The number of hydrogen-bond donors (Lipinski definition) is 2. The predicted octanol–water partition coefficient (Wildman–Crippen LogP) is 3.66. The quantitative estimate of drug-likeness (QED) is 0.727. The minimum atomic E-state index is -0.0174. The molecule has 2 amide bonds. The number of benzene rings is 2. The zero-order valence-corrected chi connectivity index (χ0v) is 19.5. The number of carbonyl (C=O) groups excluding carboxylic acids is 2. The van der Waals surface area contributed by atoms with Crippen LogP contribution in [0.15, 0.2) is 42.5 Å². The van der Waals surface area contributed by atoms with Crippen molar-refractivity contribution in [1.29, 1.82) is 0 Å². The monoisotopic (exact) mass is 464 g/mol. The third-order valence-electron chi connectivity index (χ3n) is 5.88. The van der Waals surface area contributed by atoms with E-state index in [1.807, 2.05) is 35.0 Å². The summed E-state index contributed by atoms with van der Waals surface area (Å²) in [6.07, 6.45) is 1.45. The second-order valence-electron chi connectivity index (χ2n) is 7.77. The molecule has 8 heteroatoms. The van der Waals surface area contributed by atoms with Crippen LogP contribution in [0.25, 0.3) is 0 Å². The molecule has 2 heterocycles. The summed E-state index contributed by atoms with van der Waals surface area (Å²) in [4.78, 5) is 29.4. The zero-order chi connectivity index (χ0) is 20.4. The molecule has 2 aliphatic heterocycles. The molecule has 2 N–H and O–H groups in total. The van der Waals surface area contributed by atoms with E-state index in [9.17, 15) is 9.59 Å². The molecule has 2 aliphatic rings. The summed E-state index contributed by atoms with van der Waals surface area (Å²) in [5, 5.41) is 6.35. The van der Waals surface area contributed by atoms with E-state index in [-0.39, 0.29) is 42.7 Å². The second kappa shape index (κ2) is 10.8. The molecule has 168 valence electrons. The topological polar surface area (TPSA) is 64.7 Å². The van der Waals surface area contributed by atoms with Crippen LogP contribution in [0.1, 0.15) is 40.9 Å². The number of nitrogens with one attached hydrogen (secondary N) is 2. The molecule has 1 atom stereocenters. The maximum absolute atomic E-state index is 13.4. The van der Waals surface area contributed by atoms with Gasteiger partial charge in [-0.15, -0.1) is 24.8 Å². The fraction of sp³-hybridized carbons (Fsp3) is 0.391. The zero-order valence-electron chi connectivity index (χ0n) is 17.9. The van der Waals surface area contributed by atoms with E-state index in [2.05, 4.69) is 41.8 Å². The Morgan fingerprint density at radius 1 is 1.10 bits per heavy atom. The molecule has 0 saturated carbocycles. The molecule has 31 heavy (non-hydrogen) atoms. The number of aryl methyl sites for hydroxylation is 1. The second-order valence-corrected chi connectivity index (χ2v) is 7.77. The van der Waals surface area contributed by atoms with Crippen molar-refractivity contribution in [2.75, 3.05) is 43.4 Å². The van der Waals surface area contributed by atoms with Gasteiger partial charge in [-0.2, -0.15) is 0 Å². The molecule has 6 nitrogen and oxygen atoms in total. The van der Waals surface area contributed by atoms with Crippen molar-refractivity contribution in [1.82, 2.24) is 10.2 Å². The molecule has 2 aromatic rings. The van der Waals surface area contributed by atoms with E-state index in [1.165, 1.54) is 5.56 Å². The summed E-state index contributed by atoms with van der Waals surface area (Å²) < 4.78 is 0. The van der Waals surface area contributed by atoms with Gasteiger partial charge in [-0.05, 0) is 35.7 Å². The normalized spacial score (nSPS) is 18.1. The van der Waals surface area contributed by atoms with Gasteiger partial charge >= 0.3 is 0 Å². The highest BCUT2D eigenvalue weighted by molar-refractivity contribution is 6.01. The van der Waals surface area contributed by atoms with E-state index in [0.29, 0.717) is 30.8 Å². The first-order valence-corrected chi connectivity index (χ1v) is 10.3. The largest absolute Gasteiger partial charge is 0.372 e. The number of anilines is 2. The van der Waals surface area contributed by atoms with Gasteiger partial charge in [0.1, 0.15) is 0 Å². The number of hydrogen-bond acceptors (Lipinski definition) is 4. The Balaban J connectivity index is 0.00000171. The van der Waals surface area contributed by atoms with Crippen LogP contribution in [0.3, 0.4) is 0 Å². The van der Waals surface area contributed by atoms with E-state index >= 15 is 0 Å². The number of halogens is 2. The van der Waals surface area contributed by atoms with Gasteiger partial charge in [0, 0.05) is 45.2 Å². The highest BCUT2D eigenvalue weighted by Gasteiger charge is 2.29. The number of amides is 2. The molecule has 2 aromatic carbocycles. The van der Waals surface area contributed by atoms with Crippen LogP contribution in [-0.2, 0) is 11.2 Å². The highest BCUT2D eigenvalue weighted by atomic mass is 35.5. The summed E-state index contributed by atoms with van der Waals surface area (Å²) >= 11 is 0. The average Bonchev–Trinajstić information content (AvgIpc) is 2.90.